The van der Waals surface area contributed by atoms with E-state index >= 15 is 0 Å². The number of aromatic nitrogens is 1. The molecule has 0 spiro atoms. The Hall–Kier alpha value is -2.56. The highest BCUT2D eigenvalue weighted by atomic mass is 16.5. The van der Waals surface area contributed by atoms with Crippen molar-refractivity contribution < 1.29 is 14.3 Å². The van der Waals surface area contributed by atoms with Crippen molar-refractivity contribution in [1.82, 2.24) is 10.3 Å². The van der Waals surface area contributed by atoms with Crippen LogP contribution in [0.3, 0.4) is 0 Å². The lowest BCUT2D eigenvalue weighted by Crippen LogP contribution is -2.24. The van der Waals surface area contributed by atoms with Crippen molar-refractivity contribution >= 4 is 5.91 Å². The third kappa shape index (κ3) is 3.67. The summed E-state index contributed by atoms with van der Waals surface area (Å²) < 4.78 is 10.8. The topological polar surface area (TPSA) is 60.5 Å². The van der Waals surface area contributed by atoms with Gasteiger partial charge in [-0.25, -0.2) is 0 Å². The first kappa shape index (κ1) is 16.3. The zero-order chi connectivity index (χ0) is 16.9. The van der Waals surface area contributed by atoms with Crippen molar-refractivity contribution in [2.24, 2.45) is 5.92 Å². The summed E-state index contributed by atoms with van der Waals surface area (Å²) in [6.07, 6.45) is 4.49. The summed E-state index contributed by atoms with van der Waals surface area (Å²) in [7, 11) is 1.62. The largest absolute Gasteiger partial charge is 0.493 e. The van der Waals surface area contributed by atoms with Gasteiger partial charge in [-0.15, -0.1) is 0 Å². The van der Waals surface area contributed by atoms with Crippen molar-refractivity contribution in [2.45, 2.75) is 25.8 Å². The molecule has 3 rings (SSSR count). The maximum Gasteiger partial charge on any atom is 0.224 e. The summed E-state index contributed by atoms with van der Waals surface area (Å²) in [5.41, 5.74) is 2.13. The molecule has 5 heteroatoms. The molecule has 0 aliphatic heterocycles. The third-order valence-electron chi connectivity index (χ3n) is 4.23. The molecule has 0 unspecified atom stereocenters. The fourth-order valence-electron chi connectivity index (χ4n) is 2.87. The molecule has 1 saturated carbocycles. The van der Waals surface area contributed by atoms with Crippen LogP contribution in [0.4, 0.5) is 0 Å². The average Bonchev–Trinajstić information content (AvgIpc) is 3.42. The molecule has 24 heavy (non-hydrogen) atoms. The first-order valence-corrected chi connectivity index (χ1v) is 8.20. The van der Waals surface area contributed by atoms with Gasteiger partial charge in [0, 0.05) is 24.9 Å². The van der Waals surface area contributed by atoms with Gasteiger partial charge in [0.15, 0.2) is 11.5 Å². The quantitative estimate of drug-likeness (QED) is 0.850. The van der Waals surface area contributed by atoms with E-state index in [2.05, 4.69) is 10.3 Å². The molecule has 2 aromatic rings. The molecule has 1 fully saturated rings. The second kappa shape index (κ2) is 7.34. The maximum atomic E-state index is 12.3. The van der Waals surface area contributed by atoms with Crippen LogP contribution in [0.15, 0.2) is 42.7 Å². The van der Waals surface area contributed by atoms with Crippen LogP contribution in [0.2, 0.25) is 0 Å². The summed E-state index contributed by atoms with van der Waals surface area (Å²) in [6.45, 7) is 2.99. The summed E-state index contributed by atoms with van der Waals surface area (Å²) >= 11 is 0. The number of nitrogens with one attached hydrogen (secondary N) is 1. The van der Waals surface area contributed by atoms with Crippen LogP contribution in [0.5, 0.6) is 11.5 Å². The van der Waals surface area contributed by atoms with Gasteiger partial charge < -0.3 is 14.8 Å². The van der Waals surface area contributed by atoms with E-state index in [0.29, 0.717) is 30.6 Å². The van der Waals surface area contributed by atoms with E-state index < -0.39 is 0 Å². The molecule has 1 aromatic carbocycles. The number of carbonyl (C=O) groups excluding carboxylic acids is 1. The van der Waals surface area contributed by atoms with E-state index in [0.717, 1.165) is 17.5 Å². The number of methoxy groups -OCH3 is 1. The lowest BCUT2D eigenvalue weighted by Gasteiger charge is -2.11. The van der Waals surface area contributed by atoms with Gasteiger partial charge in [-0.05, 0) is 48.6 Å². The molecule has 1 aromatic heterocycles. The van der Waals surface area contributed by atoms with Crippen LogP contribution in [0, 0.1) is 5.92 Å². The van der Waals surface area contributed by atoms with E-state index in [1.54, 1.807) is 13.3 Å². The summed E-state index contributed by atoms with van der Waals surface area (Å²) in [6, 6.07) is 9.65. The summed E-state index contributed by atoms with van der Waals surface area (Å²) in [5.74, 6) is 1.85. The van der Waals surface area contributed by atoms with Crippen LogP contribution in [-0.2, 0) is 11.3 Å². The van der Waals surface area contributed by atoms with Crippen LogP contribution >= 0.6 is 0 Å². The molecule has 1 N–H and O–H groups in total. The highest BCUT2D eigenvalue weighted by Crippen LogP contribution is 2.47. The van der Waals surface area contributed by atoms with Crippen molar-refractivity contribution in [3.05, 3.63) is 53.9 Å². The Bertz CT molecular complexity index is 703. The molecular formula is C19H22N2O3. The van der Waals surface area contributed by atoms with Crippen molar-refractivity contribution in [3.8, 4) is 11.5 Å². The van der Waals surface area contributed by atoms with E-state index in [4.69, 9.17) is 9.47 Å². The highest BCUT2D eigenvalue weighted by molar-refractivity contribution is 5.82. The summed E-state index contributed by atoms with van der Waals surface area (Å²) in [4.78, 5) is 16.4. The number of nitrogens with zero attached hydrogens (tertiary/aromatic N) is 1. The fourth-order valence-corrected chi connectivity index (χ4v) is 2.87. The Kier molecular flexibility index (Phi) is 4.99. The number of hydrogen-bond donors (Lipinski definition) is 1. The standard InChI is InChI=1S/C19H22N2O3/c1-3-24-18-9-13(6-7-17(18)23-2)11-21-19(22)16-10-15(16)14-5-4-8-20-12-14/h4-9,12,15-16H,3,10-11H2,1-2H3,(H,21,22)/t15-,16+/m0/s1. The number of amides is 1. The fraction of sp³-hybridized carbons (Fsp3) is 0.368. The first-order chi connectivity index (χ1) is 11.7. The lowest BCUT2D eigenvalue weighted by atomic mass is 10.1. The molecule has 5 nitrogen and oxygen atoms in total. The molecular weight excluding hydrogens is 304 g/mol. The van der Waals surface area contributed by atoms with Gasteiger partial charge in [0.1, 0.15) is 0 Å². The van der Waals surface area contributed by atoms with E-state index in [9.17, 15) is 4.79 Å². The molecule has 0 radical (unpaired) electrons. The smallest absolute Gasteiger partial charge is 0.224 e. The Balaban J connectivity index is 1.56. The predicted octanol–water partition coefficient (Wildman–Crippen LogP) is 2.91. The van der Waals surface area contributed by atoms with Gasteiger partial charge in [0.2, 0.25) is 5.91 Å². The second-order valence-corrected chi connectivity index (χ2v) is 5.87. The third-order valence-corrected chi connectivity index (χ3v) is 4.23. The van der Waals surface area contributed by atoms with Gasteiger partial charge >= 0.3 is 0 Å². The number of rotatable bonds is 7. The van der Waals surface area contributed by atoms with Crippen LogP contribution < -0.4 is 14.8 Å². The Morgan fingerprint density at radius 1 is 1.33 bits per heavy atom. The van der Waals surface area contributed by atoms with Gasteiger partial charge in [-0.3, -0.25) is 9.78 Å². The van der Waals surface area contributed by atoms with E-state index in [1.165, 1.54) is 0 Å². The van der Waals surface area contributed by atoms with Gasteiger partial charge in [0.05, 0.1) is 13.7 Å². The number of ether oxygens (including phenoxy) is 2. The van der Waals surface area contributed by atoms with Gasteiger partial charge in [-0.2, -0.15) is 0 Å². The van der Waals surface area contributed by atoms with Crippen molar-refractivity contribution in [3.63, 3.8) is 0 Å². The zero-order valence-corrected chi connectivity index (χ0v) is 14.0. The van der Waals surface area contributed by atoms with Crippen LogP contribution in [-0.4, -0.2) is 24.6 Å². The first-order valence-electron chi connectivity index (χ1n) is 8.20. The average molecular weight is 326 g/mol. The molecule has 0 bridgehead atoms. The lowest BCUT2D eigenvalue weighted by molar-refractivity contribution is -0.122. The zero-order valence-electron chi connectivity index (χ0n) is 14.0. The maximum absolute atomic E-state index is 12.3. The minimum absolute atomic E-state index is 0.0545. The molecule has 0 saturated heterocycles. The van der Waals surface area contributed by atoms with E-state index in [1.807, 2.05) is 43.5 Å². The molecule has 2 atom stereocenters. The predicted molar refractivity (Wildman–Crippen MR) is 91.1 cm³/mol. The molecule has 1 aliphatic carbocycles. The summed E-state index contributed by atoms with van der Waals surface area (Å²) in [5, 5.41) is 3.01. The van der Waals surface area contributed by atoms with Crippen LogP contribution in [0.25, 0.3) is 0 Å². The number of benzene rings is 1. The van der Waals surface area contributed by atoms with Gasteiger partial charge in [-0.1, -0.05) is 12.1 Å². The van der Waals surface area contributed by atoms with Gasteiger partial charge in [0.25, 0.3) is 0 Å². The SMILES string of the molecule is CCOc1cc(CNC(=O)[C@@H]2C[C@H]2c2cccnc2)ccc1OC. The molecule has 126 valence electrons. The van der Waals surface area contributed by atoms with Crippen molar-refractivity contribution in [1.29, 1.82) is 0 Å². The monoisotopic (exact) mass is 326 g/mol. The Morgan fingerprint density at radius 2 is 2.21 bits per heavy atom. The normalized spacial score (nSPS) is 18.8. The molecule has 1 heterocycles. The second-order valence-electron chi connectivity index (χ2n) is 5.87. The molecule has 1 amide bonds. The Labute approximate surface area is 142 Å². The van der Waals surface area contributed by atoms with E-state index in [-0.39, 0.29) is 11.8 Å². The number of carbonyl (C=O) groups is 1. The minimum Gasteiger partial charge on any atom is -0.493 e. The highest BCUT2D eigenvalue weighted by Gasteiger charge is 2.43. The number of hydrogen-bond acceptors (Lipinski definition) is 4. The van der Waals surface area contributed by atoms with Crippen LogP contribution in [0.1, 0.15) is 30.4 Å². The minimum atomic E-state index is 0.0545. The van der Waals surface area contributed by atoms with Crippen molar-refractivity contribution in [2.75, 3.05) is 13.7 Å². The Morgan fingerprint density at radius 3 is 2.92 bits per heavy atom. The number of pyridine rings is 1. The molecule has 1 aliphatic rings.